The number of hydrogen-bond acceptors (Lipinski definition) is 5. The van der Waals surface area contributed by atoms with E-state index in [2.05, 4.69) is 4.98 Å². The molecule has 138 valence electrons. The number of aryl methyl sites for hydroxylation is 1. The Balaban J connectivity index is 2.15. The number of ketones is 2. The largest absolute Gasteiger partial charge is 0.451 e. The first kappa shape index (κ1) is 19.4. The van der Waals surface area contributed by atoms with Crippen LogP contribution in [0, 0.1) is 13.8 Å². The quantitative estimate of drug-likeness (QED) is 0.634. The van der Waals surface area contributed by atoms with Gasteiger partial charge < -0.3 is 14.6 Å². The number of esters is 1. The number of benzene rings is 1. The molecule has 2 aromatic rings. The summed E-state index contributed by atoms with van der Waals surface area (Å²) in [4.78, 5) is 41.5. The van der Waals surface area contributed by atoms with Crippen molar-refractivity contribution in [2.75, 3.05) is 19.0 Å². The van der Waals surface area contributed by atoms with Crippen LogP contribution in [0.4, 0.5) is 5.69 Å². The second-order valence-corrected chi connectivity index (χ2v) is 6.53. The van der Waals surface area contributed by atoms with Gasteiger partial charge in [0.2, 0.25) is 5.78 Å². The molecule has 0 fully saturated rings. The smallest absolute Gasteiger partial charge is 0.338 e. The standard InChI is InChI=1S/C20H24N2O4/c1-11-17(13(3)23)12(2)21-18(11)19(24)14(4)26-20(25)15-7-9-16(10-8-15)22(5)6/h7-10,14,21H,1-6H3/t14-/m1/s1. The molecule has 0 aliphatic heterocycles. The van der Waals surface area contributed by atoms with Gasteiger partial charge in [-0.25, -0.2) is 4.79 Å². The molecular formula is C20H24N2O4. The zero-order valence-corrected chi connectivity index (χ0v) is 16.0. The third kappa shape index (κ3) is 3.85. The van der Waals surface area contributed by atoms with Gasteiger partial charge in [-0.15, -0.1) is 0 Å². The molecule has 0 aliphatic carbocycles. The van der Waals surface area contributed by atoms with Crippen molar-refractivity contribution in [3.05, 3.63) is 52.3 Å². The maximum absolute atomic E-state index is 12.6. The minimum atomic E-state index is -0.965. The van der Waals surface area contributed by atoms with Crippen LogP contribution in [0.3, 0.4) is 0 Å². The molecule has 0 radical (unpaired) electrons. The summed E-state index contributed by atoms with van der Waals surface area (Å²) in [5, 5.41) is 0. The van der Waals surface area contributed by atoms with Crippen LogP contribution >= 0.6 is 0 Å². The summed E-state index contributed by atoms with van der Waals surface area (Å²) in [5.41, 5.74) is 3.36. The van der Waals surface area contributed by atoms with E-state index in [1.165, 1.54) is 13.8 Å². The van der Waals surface area contributed by atoms with Crippen molar-refractivity contribution in [2.45, 2.75) is 33.8 Å². The van der Waals surface area contributed by atoms with Crippen LogP contribution in [0.5, 0.6) is 0 Å². The summed E-state index contributed by atoms with van der Waals surface area (Å²) in [5.74, 6) is -1.04. The lowest BCUT2D eigenvalue weighted by atomic mass is 10.0. The lowest BCUT2D eigenvalue weighted by molar-refractivity contribution is 0.0317. The Morgan fingerprint density at radius 3 is 2.12 bits per heavy atom. The van der Waals surface area contributed by atoms with Gasteiger partial charge in [0, 0.05) is 31.0 Å². The number of aromatic nitrogens is 1. The lowest BCUT2D eigenvalue weighted by Crippen LogP contribution is -2.25. The Bertz CT molecular complexity index is 847. The number of H-pyrrole nitrogens is 1. The molecule has 26 heavy (non-hydrogen) atoms. The van der Waals surface area contributed by atoms with Crippen LogP contribution < -0.4 is 4.90 Å². The molecule has 0 amide bonds. The number of nitrogens with one attached hydrogen (secondary N) is 1. The number of aromatic amines is 1. The number of carbonyl (C=O) groups is 3. The highest BCUT2D eigenvalue weighted by Crippen LogP contribution is 2.21. The topological polar surface area (TPSA) is 79.5 Å². The third-order valence-corrected chi connectivity index (χ3v) is 4.31. The molecule has 0 aliphatic rings. The minimum absolute atomic E-state index is 0.110. The molecule has 6 nitrogen and oxygen atoms in total. The summed E-state index contributed by atoms with van der Waals surface area (Å²) in [7, 11) is 3.81. The first-order chi connectivity index (χ1) is 12.1. The Hall–Kier alpha value is -2.89. The van der Waals surface area contributed by atoms with Crippen LogP contribution in [0.2, 0.25) is 0 Å². The fraction of sp³-hybridized carbons (Fsp3) is 0.350. The first-order valence-corrected chi connectivity index (χ1v) is 8.36. The molecule has 1 atom stereocenters. The number of Topliss-reactive ketones (excluding diaryl/α,β-unsaturated/α-hetero) is 2. The molecule has 6 heteroatoms. The van der Waals surface area contributed by atoms with Crippen molar-refractivity contribution < 1.29 is 19.1 Å². The van der Waals surface area contributed by atoms with E-state index in [4.69, 9.17) is 4.74 Å². The fourth-order valence-electron chi connectivity index (χ4n) is 2.91. The van der Waals surface area contributed by atoms with E-state index >= 15 is 0 Å². The van der Waals surface area contributed by atoms with Crippen LogP contribution in [-0.2, 0) is 4.74 Å². The van der Waals surface area contributed by atoms with Gasteiger partial charge in [-0.3, -0.25) is 9.59 Å². The predicted molar refractivity (Wildman–Crippen MR) is 100 cm³/mol. The highest BCUT2D eigenvalue weighted by Gasteiger charge is 2.26. The zero-order valence-electron chi connectivity index (χ0n) is 16.0. The van der Waals surface area contributed by atoms with E-state index in [-0.39, 0.29) is 11.6 Å². The Kier molecular flexibility index (Phi) is 5.65. The van der Waals surface area contributed by atoms with Crippen molar-refractivity contribution in [1.29, 1.82) is 0 Å². The first-order valence-electron chi connectivity index (χ1n) is 8.36. The number of rotatable bonds is 6. The molecule has 0 saturated heterocycles. The SMILES string of the molecule is CC(=O)c1c(C)[nH]c(C(=O)[C@@H](C)OC(=O)c2ccc(N(C)C)cc2)c1C. The maximum atomic E-state index is 12.6. The second-order valence-electron chi connectivity index (χ2n) is 6.53. The van der Waals surface area contributed by atoms with Gasteiger partial charge in [0.15, 0.2) is 11.9 Å². The van der Waals surface area contributed by atoms with E-state index in [0.717, 1.165) is 5.69 Å². The van der Waals surface area contributed by atoms with E-state index in [9.17, 15) is 14.4 Å². The monoisotopic (exact) mass is 356 g/mol. The zero-order chi connectivity index (χ0) is 19.6. The Labute approximate surface area is 153 Å². The lowest BCUT2D eigenvalue weighted by Gasteiger charge is -2.14. The summed E-state index contributed by atoms with van der Waals surface area (Å²) in [6, 6.07) is 6.93. The molecule has 1 aromatic carbocycles. The number of ether oxygens (including phenoxy) is 1. The summed E-state index contributed by atoms with van der Waals surface area (Å²) in [6.45, 7) is 6.43. The minimum Gasteiger partial charge on any atom is -0.451 e. The maximum Gasteiger partial charge on any atom is 0.338 e. The Morgan fingerprint density at radius 2 is 1.65 bits per heavy atom. The van der Waals surface area contributed by atoms with Gasteiger partial charge in [-0.2, -0.15) is 0 Å². The van der Waals surface area contributed by atoms with Gasteiger partial charge in [-0.05, 0) is 57.5 Å². The van der Waals surface area contributed by atoms with Crippen molar-refractivity contribution in [3.8, 4) is 0 Å². The summed E-state index contributed by atoms with van der Waals surface area (Å²) in [6.07, 6.45) is -0.965. The molecule has 1 aromatic heterocycles. The molecule has 1 heterocycles. The van der Waals surface area contributed by atoms with Crippen molar-refractivity contribution in [1.82, 2.24) is 4.98 Å². The van der Waals surface area contributed by atoms with Gasteiger partial charge in [0.05, 0.1) is 11.3 Å². The highest BCUT2D eigenvalue weighted by molar-refractivity contribution is 6.05. The van der Waals surface area contributed by atoms with Crippen molar-refractivity contribution in [3.63, 3.8) is 0 Å². The van der Waals surface area contributed by atoms with Gasteiger partial charge in [0.25, 0.3) is 0 Å². The van der Waals surface area contributed by atoms with Crippen LogP contribution in [0.25, 0.3) is 0 Å². The molecule has 1 N–H and O–H groups in total. The summed E-state index contributed by atoms with van der Waals surface area (Å²) >= 11 is 0. The average molecular weight is 356 g/mol. The van der Waals surface area contributed by atoms with E-state index in [1.54, 1.807) is 38.1 Å². The number of anilines is 1. The number of nitrogens with zero attached hydrogens (tertiary/aromatic N) is 1. The fourth-order valence-corrected chi connectivity index (χ4v) is 2.91. The third-order valence-electron chi connectivity index (χ3n) is 4.31. The molecule has 2 rings (SSSR count). The number of hydrogen-bond donors (Lipinski definition) is 1. The molecule has 0 bridgehead atoms. The van der Waals surface area contributed by atoms with Crippen LogP contribution in [0.15, 0.2) is 24.3 Å². The average Bonchev–Trinajstić information content (AvgIpc) is 2.88. The number of carbonyl (C=O) groups excluding carboxylic acids is 3. The van der Waals surface area contributed by atoms with Gasteiger partial charge in [0.1, 0.15) is 0 Å². The highest BCUT2D eigenvalue weighted by atomic mass is 16.5. The van der Waals surface area contributed by atoms with Crippen LogP contribution in [0.1, 0.15) is 56.3 Å². The van der Waals surface area contributed by atoms with E-state index < -0.39 is 12.1 Å². The molecule has 0 saturated carbocycles. The van der Waals surface area contributed by atoms with E-state index in [1.807, 2.05) is 19.0 Å². The molecule has 0 unspecified atom stereocenters. The Morgan fingerprint density at radius 1 is 1.08 bits per heavy atom. The molecular weight excluding hydrogens is 332 g/mol. The second kappa shape index (κ2) is 7.56. The van der Waals surface area contributed by atoms with Gasteiger partial charge >= 0.3 is 5.97 Å². The molecule has 0 spiro atoms. The predicted octanol–water partition coefficient (Wildman–Crippen LogP) is 3.33. The van der Waals surface area contributed by atoms with Crippen molar-refractivity contribution in [2.24, 2.45) is 0 Å². The van der Waals surface area contributed by atoms with Gasteiger partial charge in [-0.1, -0.05) is 0 Å². The van der Waals surface area contributed by atoms with Crippen molar-refractivity contribution >= 4 is 23.2 Å². The summed E-state index contributed by atoms with van der Waals surface area (Å²) < 4.78 is 5.31. The van der Waals surface area contributed by atoms with E-state index in [0.29, 0.717) is 28.1 Å². The normalized spacial score (nSPS) is 11.8. The van der Waals surface area contributed by atoms with Crippen LogP contribution in [-0.4, -0.2) is 42.7 Å².